The molecule has 0 aromatic heterocycles. The van der Waals surface area contributed by atoms with E-state index in [0.717, 1.165) is 18.5 Å². The van der Waals surface area contributed by atoms with Gasteiger partial charge in [-0.1, -0.05) is 11.6 Å². The summed E-state index contributed by atoms with van der Waals surface area (Å²) >= 11 is 5.94. The summed E-state index contributed by atoms with van der Waals surface area (Å²) in [6.07, 6.45) is 2.18. The Balaban J connectivity index is 1.96. The van der Waals surface area contributed by atoms with Crippen molar-refractivity contribution in [1.29, 1.82) is 0 Å². The fourth-order valence-electron chi connectivity index (χ4n) is 1.62. The zero-order valence-electron chi connectivity index (χ0n) is 10.5. The third-order valence-corrected chi connectivity index (χ3v) is 3.16. The van der Waals surface area contributed by atoms with Gasteiger partial charge < -0.3 is 15.4 Å². The Morgan fingerprint density at radius 3 is 2.83 bits per heavy atom. The van der Waals surface area contributed by atoms with Gasteiger partial charge in [0.2, 0.25) is 5.91 Å². The molecule has 18 heavy (non-hydrogen) atoms. The van der Waals surface area contributed by atoms with Crippen LogP contribution in [0.5, 0.6) is 5.75 Å². The van der Waals surface area contributed by atoms with Crippen molar-refractivity contribution in [3.05, 3.63) is 23.2 Å². The summed E-state index contributed by atoms with van der Waals surface area (Å²) in [7, 11) is 1.56. The van der Waals surface area contributed by atoms with Crippen LogP contribution in [0, 0.1) is 0 Å². The quantitative estimate of drug-likeness (QED) is 0.862. The maximum Gasteiger partial charge on any atom is 0.242 e. The van der Waals surface area contributed by atoms with Crippen molar-refractivity contribution in [2.24, 2.45) is 0 Å². The van der Waals surface area contributed by atoms with Crippen molar-refractivity contribution >= 4 is 23.2 Å². The molecule has 1 saturated carbocycles. The minimum atomic E-state index is -0.281. The normalized spacial score (nSPS) is 15.9. The van der Waals surface area contributed by atoms with E-state index in [0.29, 0.717) is 16.8 Å². The Morgan fingerprint density at radius 2 is 2.22 bits per heavy atom. The third-order valence-electron chi connectivity index (χ3n) is 2.85. The monoisotopic (exact) mass is 268 g/mol. The standard InChI is InChI=1S/C13H17ClN2O2/c1-8(13(17)16-9-3-4-9)15-10-5-6-11(14)12(7-10)18-2/h5-9,15H,3-4H2,1-2H3,(H,16,17). The Bertz CT molecular complexity index is 447. The first kappa shape index (κ1) is 13.0. The van der Waals surface area contributed by atoms with E-state index in [9.17, 15) is 4.79 Å². The number of rotatable bonds is 5. The van der Waals surface area contributed by atoms with Crippen molar-refractivity contribution in [1.82, 2.24) is 5.32 Å². The van der Waals surface area contributed by atoms with Crippen molar-refractivity contribution < 1.29 is 9.53 Å². The van der Waals surface area contributed by atoms with Gasteiger partial charge in [-0.25, -0.2) is 0 Å². The summed E-state index contributed by atoms with van der Waals surface area (Å²) in [6.45, 7) is 1.83. The van der Waals surface area contributed by atoms with E-state index >= 15 is 0 Å². The Kier molecular flexibility index (Phi) is 3.97. The van der Waals surface area contributed by atoms with Crippen LogP contribution < -0.4 is 15.4 Å². The SMILES string of the molecule is COc1cc(NC(C)C(=O)NC2CC2)ccc1Cl. The van der Waals surface area contributed by atoms with Crippen LogP contribution >= 0.6 is 11.6 Å². The van der Waals surface area contributed by atoms with Crippen LogP contribution in [-0.2, 0) is 4.79 Å². The van der Waals surface area contributed by atoms with E-state index in [2.05, 4.69) is 10.6 Å². The maximum absolute atomic E-state index is 11.8. The van der Waals surface area contributed by atoms with Gasteiger partial charge in [-0.05, 0) is 31.9 Å². The van der Waals surface area contributed by atoms with Crippen LogP contribution in [-0.4, -0.2) is 25.1 Å². The molecule has 5 heteroatoms. The number of ether oxygens (including phenoxy) is 1. The van der Waals surface area contributed by atoms with E-state index in [4.69, 9.17) is 16.3 Å². The van der Waals surface area contributed by atoms with Gasteiger partial charge in [-0.15, -0.1) is 0 Å². The molecule has 98 valence electrons. The molecule has 0 radical (unpaired) electrons. The van der Waals surface area contributed by atoms with Gasteiger partial charge in [0, 0.05) is 17.8 Å². The number of carbonyl (C=O) groups is 1. The molecule has 1 aliphatic rings. The first-order chi connectivity index (χ1) is 8.60. The lowest BCUT2D eigenvalue weighted by Crippen LogP contribution is -2.38. The molecule has 1 amide bonds. The molecule has 4 nitrogen and oxygen atoms in total. The largest absolute Gasteiger partial charge is 0.495 e. The molecule has 0 bridgehead atoms. The molecule has 1 aliphatic carbocycles. The van der Waals surface area contributed by atoms with E-state index in [1.54, 1.807) is 19.2 Å². The van der Waals surface area contributed by atoms with Gasteiger partial charge in [-0.3, -0.25) is 4.79 Å². The lowest BCUT2D eigenvalue weighted by atomic mass is 10.2. The second kappa shape index (κ2) is 5.48. The van der Waals surface area contributed by atoms with Crippen LogP contribution in [0.25, 0.3) is 0 Å². The van der Waals surface area contributed by atoms with E-state index < -0.39 is 0 Å². The molecule has 0 aliphatic heterocycles. The van der Waals surface area contributed by atoms with Gasteiger partial charge in [0.25, 0.3) is 0 Å². The first-order valence-corrected chi connectivity index (χ1v) is 6.38. The number of hydrogen-bond donors (Lipinski definition) is 2. The zero-order valence-corrected chi connectivity index (χ0v) is 11.3. The summed E-state index contributed by atoms with van der Waals surface area (Å²) in [5.41, 5.74) is 0.815. The van der Waals surface area contributed by atoms with Gasteiger partial charge >= 0.3 is 0 Å². The highest BCUT2D eigenvalue weighted by Gasteiger charge is 2.25. The predicted octanol–water partition coefficient (Wildman–Crippen LogP) is 2.43. The van der Waals surface area contributed by atoms with Crippen LogP contribution in [0.2, 0.25) is 5.02 Å². The average molecular weight is 269 g/mol. The third kappa shape index (κ3) is 3.29. The number of benzene rings is 1. The molecule has 1 fully saturated rings. The molecular formula is C13H17ClN2O2. The molecular weight excluding hydrogens is 252 g/mol. The predicted molar refractivity (Wildman–Crippen MR) is 72.3 cm³/mol. The lowest BCUT2D eigenvalue weighted by molar-refractivity contribution is -0.121. The molecule has 2 rings (SSSR count). The smallest absolute Gasteiger partial charge is 0.242 e. The van der Waals surface area contributed by atoms with Crippen molar-refractivity contribution in [2.75, 3.05) is 12.4 Å². The number of nitrogens with one attached hydrogen (secondary N) is 2. The number of amides is 1. The minimum absolute atomic E-state index is 0.0198. The van der Waals surface area contributed by atoms with Crippen molar-refractivity contribution in [3.8, 4) is 5.75 Å². The number of carbonyl (C=O) groups excluding carboxylic acids is 1. The molecule has 0 spiro atoms. The second-order valence-corrected chi connectivity index (χ2v) is 4.91. The van der Waals surface area contributed by atoms with Crippen molar-refractivity contribution in [3.63, 3.8) is 0 Å². The Labute approximate surface area is 112 Å². The summed E-state index contributed by atoms with van der Waals surface area (Å²) in [5, 5.41) is 6.63. The second-order valence-electron chi connectivity index (χ2n) is 4.50. The average Bonchev–Trinajstić information content (AvgIpc) is 3.15. The van der Waals surface area contributed by atoms with E-state index in [-0.39, 0.29) is 11.9 Å². The fourth-order valence-corrected chi connectivity index (χ4v) is 1.81. The minimum Gasteiger partial charge on any atom is -0.495 e. The van der Waals surface area contributed by atoms with Crippen LogP contribution in [0.4, 0.5) is 5.69 Å². The lowest BCUT2D eigenvalue weighted by Gasteiger charge is -2.16. The van der Waals surface area contributed by atoms with Gasteiger partial charge in [0.1, 0.15) is 11.8 Å². The maximum atomic E-state index is 11.8. The molecule has 0 heterocycles. The summed E-state index contributed by atoms with van der Waals surface area (Å²) in [6, 6.07) is 5.45. The van der Waals surface area contributed by atoms with Crippen molar-refractivity contribution in [2.45, 2.75) is 31.8 Å². The Hall–Kier alpha value is -1.42. The van der Waals surface area contributed by atoms with E-state index in [1.807, 2.05) is 13.0 Å². The van der Waals surface area contributed by atoms with Gasteiger partial charge in [0.05, 0.1) is 12.1 Å². The fraction of sp³-hybridized carbons (Fsp3) is 0.462. The topological polar surface area (TPSA) is 50.4 Å². The van der Waals surface area contributed by atoms with Gasteiger partial charge in [-0.2, -0.15) is 0 Å². The molecule has 1 aromatic rings. The summed E-state index contributed by atoms with van der Waals surface area (Å²) < 4.78 is 5.13. The van der Waals surface area contributed by atoms with Crippen LogP contribution in [0.15, 0.2) is 18.2 Å². The van der Waals surface area contributed by atoms with Crippen LogP contribution in [0.1, 0.15) is 19.8 Å². The van der Waals surface area contributed by atoms with Gasteiger partial charge in [0.15, 0.2) is 0 Å². The molecule has 0 saturated heterocycles. The molecule has 1 aromatic carbocycles. The van der Waals surface area contributed by atoms with E-state index in [1.165, 1.54) is 0 Å². The summed E-state index contributed by atoms with van der Waals surface area (Å²) in [5.74, 6) is 0.614. The Morgan fingerprint density at radius 1 is 1.50 bits per heavy atom. The first-order valence-electron chi connectivity index (χ1n) is 6.00. The number of methoxy groups -OCH3 is 1. The highest BCUT2D eigenvalue weighted by atomic mass is 35.5. The summed E-state index contributed by atoms with van der Waals surface area (Å²) in [4.78, 5) is 11.8. The highest BCUT2D eigenvalue weighted by molar-refractivity contribution is 6.32. The molecule has 1 unspecified atom stereocenters. The highest BCUT2D eigenvalue weighted by Crippen LogP contribution is 2.27. The molecule has 1 atom stereocenters. The molecule has 2 N–H and O–H groups in total. The zero-order chi connectivity index (χ0) is 13.1. The number of halogens is 1. The number of hydrogen-bond acceptors (Lipinski definition) is 3. The number of anilines is 1. The van der Waals surface area contributed by atoms with Crippen LogP contribution in [0.3, 0.4) is 0 Å².